The Hall–Kier alpha value is -2.41. The monoisotopic (exact) mass is 315 g/mol. The fourth-order valence-electron chi connectivity index (χ4n) is 2.13. The zero-order chi connectivity index (χ0) is 15.9. The van der Waals surface area contributed by atoms with Crippen LogP contribution in [-0.4, -0.2) is 35.0 Å². The molecule has 22 heavy (non-hydrogen) atoms. The summed E-state index contributed by atoms with van der Waals surface area (Å²) in [5.41, 5.74) is 3.60. The second-order valence-corrected chi connectivity index (χ2v) is 6.34. The number of thiazole rings is 1. The highest BCUT2D eigenvalue weighted by atomic mass is 32.1. The van der Waals surface area contributed by atoms with Gasteiger partial charge in [-0.3, -0.25) is 10.1 Å². The number of rotatable bonds is 3. The SMILES string of the molecule is Cc1ccc2nc(NC(=O)c3sc(N(C)C)nc3C)[nH]c2c1. The Kier molecular flexibility index (Phi) is 3.58. The number of nitrogens with zero attached hydrogens (tertiary/aromatic N) is 3. The number of aromatic amines is 1. The molecule has 2 N–H and O–H groups in total. The van der Waals surface area contributed by atoms with E-state index in [2.05, 4.69) is 20.3 Å². The number of benzene rings is 1. The van der Waals surface area contributed by atoms with Gasteiger partial charge in [-0.15, -0.1) is 0 Å². The van der Waals surface area contributed by atoms with E-state index in [1.54, 1.807) is 0 Å². The molecule has 0 aliphatic rings. The summed E-state index contributed by atoms with van der Waals surface area (Å²) in [6.45, 7) is 3.85. The van der Waals surface area contributed by atoms with Crippen LogP contribution >= 0.6 is 11.3 Å². The number of imidazole rings is 1. The third-order valence-electron chi connectivity index (χ3n) is 3.24. The van der Waals surface area contributed by atoms with E-state index in [1.807, 2.05) is 51.0 Å². The molecule has 0 saturated carbocycles. The van der Waals surface area contributed by atoms with Gasteiger partial charge in [0.1, 0.15) is 4.88 Å². The number of aryl methyl sites for hydroxylation is 2. The van der Waals surface area contributed by atoms with Gasteiger partial charge in [-0.25, -0.2) is 9.97 Å². The van der Waals surface area contributed by atoms with Gasteiger partial charge < -0.3 is 9.88 Å². The van der Waals surface area contributed by atoms with Crippen LogP contribution in [0, 0.1) is 13.8 Å². The fourth-order valence-corrected chi connectivity index (χ4v) is 3.02. The highest BCUT2D eigenvalue weighted by Crippen LogP contribution is 2.25. The molecule has 0 spiro atoms. The molecule has 0 aliphatic carbocycles. The molecule has 6 nitrogen and oxygen atoms in total. The maximum atomic E-state index is 12.4. The minimum Gasteiger partial charge on any atom is -0.354 e. The summed E-state index contributed by atoms with van der Waals surface area (Å²) in [5.74, 6) is 0.253. The van der Waals surface area contributed by atoms with E-state index in [4.69, 9.17) is 0 Å². The normalized spacial score (nSPS) is 10.9. The van der Waals surface area contributed by atoms with Crippen molar-refractivity contribution in [1.82, 2.24) is 15.0 Å². The van der Waals surface area contributed by atoms with Gasteiger partial charge in [-0.2, -0.15) is 0 Å². The first-order valence-corrected chi connectivity index (χ1v) is 7.68. The van der Waals surface area contributed by atoms with E-state index in [1.165, 1.54) is 11.3 Å². The largest absolute Gasteiger partial charge is 0.354 e. The molecule has 1 amide bonds. The topological polar surface area (TPSA) is 73.9 Å². The summed E-state index contributed by atoms with van der Waals surface area (Å²) in [6.07, 6.45) is 0. The Bertz CT molecular complexity index is 849. The molecule has 1 aromatic carbocycles. The molecule has 0 aliphatic heterocycles. The van der Waals surface area contributed by atoms with Gasteiger partial charge in [0.2, 0.25) is 5.95 Å². The number of aromatic nitrogens is 3. The maximum Gasteiger partial charge on any atom is 0.270 e. The van der Waals surface area contributed by atoms with Crippen LogP contribution < -0.4 is 10.2 Å². The molecule has 0 fully saturated rings. The fraction of sp³-hybridized carbons (Fsp3) is 0.267. The maximum absolute atomic E-state index is 12.4. The van der Waals surface area contributed by atoms with Gasteiger partial charge in [0, 0.05) is 14.1 Å². The second-order valence-electron chi connectivity index (χ2n) is 5.37. The van der Waals surface area contributed by atoms with Gasteiger partial charge in [-0.1, -0.05) is 17.4 Å². The highest BCUT2D eigenvalue weighted by molar-refractivity contribution is 7.17. The van der Waals surface area contributed by atoms with Crippen LogP contribution in [0.5, 0.6) is 0 Å². The lowest BCUT2D eigenvalue weighted by molar-refractivity contribution is 0.102. The van der Waals surface area contributed by atoms with Gasteiger partial charge in [0.05, 0.1) is 16.7 Å². The van der Waals surface area contributed by atoms with Crippen molar-refractivity contribution in [3.63, 3.8) is 0 Å². The molecule has 2 aromatic heterocycles. The molecule has 0 radical (unpaired) electrons. The molecule has 7 heteroatoms. The number of anilines is 2. The van der Waals surface area contributed by atoms with E-state index in [0.717, 1.165) is 27.4 Å². The minimum absolute atomic E-state index is 0.195. The summed E-state index contributed by atoms with van der Waals surface area (Å²) in [6, 6.07) is 5.92. The van der Waals surface area contributed by atoms with Crippen LogP contribution in [0.25, 0.3) is 11.0 Å². The van der Waals surface area contributed by atoms with Gasteiger partial charge in [0.15, 0.2) is 5.13 Å². The van der Waals surface area contributed by atoms with Crippen LogP contribution in [0.15, 0.2) is 18.2 Å². The van der Waals surface area contributed by atoms with Crippen molar-refractivity contribution in [3.05, 3.63) is 34.3 Å². The summed E-state index contributed by atoms with van der Waals surface area (Å²) in [7, 11) is 3.81. The van der Waals surface area contributed by atoms with Crippen molar-refractivity contribution in [2.45, 2.75) is 13.8 Å². The molecule has 114 valence electrons. The van der Waals surface area contributed by atoms with Gasteiger partial charge in [0.25, 0.3) is 5.91 Å². The molecular weight excluding hydrogens is 298 g/mol. The van der Waals surface area contributed by atoms with E-state index in [0.29, 0.717) is 10.8 Å². The zero-order valence-corrected chi connectivity index (χ0v) is 13.7. The van der Waals surface area contributed by atoms with Gasteiger partial charge in [-0.05, 0) is 31.5 Å². The number of carbonyl (C=O) groups excluding carboxylic acids is 1. The lowest BCUT2D eigenvalue weighted by atomic mass is 10.2. The average Bonchev–Trinajstić information content (AvgIpc) is 3.01. The minimum atomic E-state index is -0.195. The van der Waals surface area contributed by atoms with Crippen molar-refractivity contribution in [2.24, 2.45) is 0 Å². The van der Waals surface area contributed by atoms with E-state index in [9.17, 15) is 4.79 Å². The van der Waals surface area contributed by atoms with Crippen LogP contribution in [0.2, 0.25) is 0 Å². The van der Waals surface area contributed by atoms with E-state index < -0.39 is 0 Å². The average molecular weight is 315 g/mol. The van der Waals surface area contributed by atoms with Crippen molar-refractivity contribution < 1.29 is 4.79 Å². The third kappa shape index (κ3) is 2.67. The predicted octanol–water partition coefficient (Wildman–Crippen LogP) is 2.95. The van der Waals surface area contributed by atoms with Gasteiger partial charge >= 0.3 is 0 Å². The van der Waals surface area contributed by atoms with Crippen LogP contribution in [0.4, 0.5) is 11.1 Å². The first kappa shape index (κ1) is 14.5. The summed E-state index contributed by atoms with van der Waals surface area (Å²) >= 11 is 1.37. The smallest absolute Gasteiger partial charge is 0.270 e. The third-order valence-corrected chi connectivity index (χ3v) is 4.57. The molecule has 0 atom stereocenters. The first-order chi connectivity index (χ1) is 10.4. The molecule has 0 unspecified atom stereocenters. The molecule has 3 rings (SSSR count). The second kappa shape index (κ2) is 5.42. The molecular formula is C15H17N5OS. The predicted molar refractivity (Wildman–Crippen MR) is 90.0 cm³/mol. The van der Waals surface area contributed by atoms with Crippen molar-refractivity contribution in [1.29, 1.82) is 0 Å². The number of amides is 1. The number of carbonyl (C=O) groups is 1. The molecule has 0 saturated heterocycles. The number of H-pyrrole nitrogens is 1. The number of hydrogen-bond donors (Lipinski definition) is 2. The summed E-state index contributed by atoms with van der Waals surface area (Å²) < 4.78 is 0. The quantitative estimate of drug-likeness (QED) is 0.779. The van der Waals surface area contributed by atoms with Crippen molar-refractivity contribution >= 4 is 39.4 Å². The van der Waals surface area contributed by atoms with Crippen LogP contribution in [0.3, 0.4) is 0 Å². The zero-order valence-electron chi connectivity index (χ0n) is 12.9. The lowest BCUT2D eigenvalue weighted by Crippen LogP contribution is -2.12. The van der Waals surface area contributed by atoms with Crippen LogP contribution in [0.1, 0.15) is 20.9 Å². The standard InChI is InChI=1S/C15H17N5OS/c1-8-5-6-10-11(7-8)18-14(17-10)19-13(21)12-9(2)16-15(22-12)20(3)4/h5-7H,1-4H3,(H2,17,18,19,21). The van der Waals surface area contributed by atoms with Crippen molar-refractivity contribution in [3.8, 4) is 0 Å². The Morgan fingerprint density at radius 3 is 2.73 bits per heavy atom. The molecule has 2 heterocycles. The lowest BCUT2D eigenvalue weighted by Gasteiger charge is -2.05. The van der Waals surface area contributed by atoms with E-state index >= 15 is 0 Å². The summed E-state index contributed by atoms with van der Waals surface area (Å²) in [4.78, 5) is 26.8. The summed E-state index contributed by atoms with van der Waals surface area (Å²) in [5, 5.41) is 3.61. The van der Waals surface area contributed by atoms with Crippen molar-refractivity contribution in [2.75, 3.05) is 24.3 Å². The van der Waals surface area contributed by atoms with Crippen LogP contribution in [-0.2, 0) is 0 Å². The van der Waals surface area contributed by atoms with E-state index in [-0.39, 0.29) is 5.91 Å². The Balaban J connectivity index is 1.86. The number of nitrogens with one attached hydrogen (secondary N) is 2. The number of hydrogen-bond acceptors (Lipinski definition) is 5. The number of fused-ring (bicyclic) bond motifs is 1. The highest BCUT2D eigenvalue weighted by Gasteiger charge is 2.17. The first-order valence-electron chi connectivity index (χ1n) is 6.86. The molecule has 3 aromatic rings. The Morgan fingerprint density at radius 2 is 2.05 bits per heavy atom. The molecule has 0 bridgehead atoms. The Labute approximate surface area is 132 Å². The Morgan fingerprint density at radius 1 is 1.27 bits per heavy atom.